The van der Waals surface area contributed by atoms with Crippen LogP contribution in [0.25, 0.3) is 10.9 Å². The minimum Gasteiger partial charge on any atom is -0.340 e. The third kappa shape index (κ3) is 3.35. The van der Waals surface area contributed by atoms with Crippen LogP contribution in [0.5, 0.6) is 0 Å². The van der Waals surface area contributed by atoms with Gasteiger partial charge in [-0.3, -0.25) is 4.98 Å². The summed E-state index contributed by atoms with van der Waals surface area (Å²) in [4.78, 5) is 13.2. The molecule has 0 aliphatic carbocycles. The summed E-state index contributed by atoms with van der Waals surface area (Å²) in [6.45, 7) is 1.48. The fourth-order valence-corrected chi connectivity index (χ4v) is 3.51. The smallest absolute Gasteiger partial charge is 0.141 e. The van der Waals surface area contributed by atoms with Crippen LogP contribution in [-0.4, -0.2) is 15.0 Å². The molecule has 4 aromatic rings. The van der Waals surface area contributed by atoms with Crippen molar-refractivity contribution in [3.05, 3.63) is 83.9 Å². The summed E-state index contributed by atoms with van der Waals surface area (Å²) in [5.41, 5.74) is 9.44. The van der Waals surface area contributed by atoms with Crippen molar-refractivity contribution >= 4 is 28.1 Å². The second-order valence-electron chi connectivity index (χ2n) is 6.81. The molecule has 0 saturated heterocycles. The molecule has 1 aliphatic heterocycles. The van der Waals surface area contributed by atoms with Gasteiger partial charge in [0.15, 0.2) is 0 Å². The summed E-state index contributed by atoms with van der Waals surface area (Å²) in [5, 5.41) is 6.44. The van der Waals surface area contributed by atoms with Crippen molar-refractivity contribution in [3.8, 4) is 12.3 Å². The largest absolute Gasteiger partial charge is 0.340 e. The van der Waals surface area contributed by atoms with Crippen molar-refractivity contribution in [3.63, 3.8) is 0 Å². The first-order valence-corrected chi connectivity index (χ1v) is 9.32. The van der Waals surface area contributed by atoms with E-state index in [9.17, 15) is 0 Å². The van der Waals surface area contributed by atoms with Gasteiger partial charge in [-0.15, -0.1) is 6.42 Å². The number of anilines is 3. The minimum absolute atomic E-state index is 0.714. The Hall–Kier alpha value is -3.95. The van der Waals surface area contributed by atoms with Crippen LogP contribution < -0.4 is 15.8 Å². The van der Waals surface area contributed by atoms with Crippen LogP contribution in [-0.2, 0) is 13.1 Å². The monoisotopic (exact) mass is 378 g/mol. The molecule has 0 fully saturated rings. The van der Waals surface area contributed by atoms with Gasteiger partial charge >= 0.3 is 0 Å². The van der Waals surface area contributed by atoms with Crippen LogP contribution in [0.1, 0.15) is 16.8 Å². The number of terminal acetylenes is 1. The van der Waals surface area contributed by atoms with Gasteiger partial charge < -0.3 is 10.3 Å². The number of hydrogen-bond acceptors (Lipinski definition) is 6. The third-order valence-electron chi connectivity index (χ3n) is 4.94. The van der Waals surface area contributed by atoms with Gasteiger partial charge in [0, 0.05) is 29.4 Å². The van der Waals surface area contributed by atoms with Crippen LogP contribution in [0.2, 0.25) is 0 Å². The maximum absolute atomic E-state index is 5.55. The van der Waals surface area contributed by atoms with E-state index in [2.05, 4.69) is 54.8 Å². The van der Waals surface area contributed by atoms with Crippen molar-refractivity contribution in [1.82, 2.24) is 20.4 Å². The number of nitrogens with zero attached hydrogens (tertiary/aromatic N) is 4. The molecule has 0 radical (unpaired) electrons. The number of hydrogen-bond donors (Lipinski definition) is 2. The highest BCUT2D eigenvalue weighted by atomic mass is 15.5. The normalized spacial score (nSPS) is 12.6. The Morgan fingerprint density at radius 3 is 2.90 bits per heavy atom. The molecular weight excluding hydrogens is 360 g/mol. The molecule has 0 spiro atoms. The number of pyridine rings is 1. The van der Waals surface area contributed by atoms with Crippen LogP contribution >= 0.6 is 0 Å². The highest BCUT2D eigenvalue weighted by molar-refractivity contribution is 5.91. The molecule has 6 heteroatoms. The quantitative estimate of drug-likeness (QED) is 0.527. The average molecular weight is 378 g/mol. The first-order chi connectivity index (χ1) is 14.3. The van der Waals surface area contributed by atoms with Gasteiger partial charge in [-0.2, -0.15) is 0 Å². The second-order valence-corrected chi connectivity index (χ2v) is 6.81. The van der Waals surface area contributed by atoms with E-state index < -0.39 is 0 Å². The predicted molar refractivity (Wildman–Crippen MR) is 114 cm³/mol. The Morgan fingerprint density at radius 2 is 2.03 bits per heavy atom. The molecule has 0 bridgehead atoms. The van der Waals surface area contributed by atoms with Crippen LogP contribution in [0.4, 0.5) is 17.2 Å². The number of benzene rings is 2. The van der Waals surface area contributed by atoms with Crippen molar-refractivity contribution in [2.24, 2.45) is 0 Å². The maximum atomic E-state index is 5.55. The first kappa shape index (κ1) is 17.2. The van der Waals surface area contributed by atoms with Gasteiger partial charge in [-0.05, 0) is 54.1 Å². The van der Waals surface area contributed by atoms with E-state index in [0.717, 1.165) is 45.9 Å². The Labute approximate surface area is 168 Å². The Balaban J connectivity index is 1.42. The van der Waals surface area contributed by atoms with E-state index in [1.165, 1.54) is 5.56 Å². The van der Waals surface area contributed by atoms with Gasteiger partial charge in [0.1, 0.15) is 12.1 Å². The molecule has 140 valence electrons. The van der Waals surface area contributed by atoms with Crippen molar-refractivity contribution < 1.29 is 0 Å². The van der Waals surface area contributed by atoms with Crippen LogP contribution in [0.15, 0.2) is 67.1 Å². The van der Waals surface area contributed by atoms with Crippen molar-refractivity contribution in [1.29, 1.82) is 0 Å². The molecule has 0 amide bonds. The van der Waals surface area contributed by atoms with E-state index in [-0.39, 0.29) is 0 Å². The molecule has 5 rings (SSSR count). The summed E-state index contributed by atoms with van der Waals surface area (Å²) in [5.74, 6) is 3.41. The van der Waals surface area contributed by atoms with E-state index >= 15 is 0 Å². The topological polar surface area (TPSA) is 66.0 Å². The highest BCUT2D eigenvalue weighted by Gasteiger charge is 2.19. The third-order valence-corrected chi connectivity index (χ3v) is 4.94. The van der Waals surface area contributed by atoms with Gasteiger partial charge in [-0.1, -0.05) is 12.0 Å². The van der Waals surface area contributed by atoms with E-state index in [1.54, 1.807) is 6.33 Å². The molecular formula is C23H18N6. The lowest BCUT2D eigenvalue weighted by Crippen LogP contribution is -2.31. The van der Waals surface area contributed by atoms with Gasteiger partial charge in [0.25, 0.3) is 0 Å². The molecule has 2 N–H and O–H groups in total. The highest BCUT2D eigenvalue weighted by Crippen LogP contribution is 2.31. The predicted octanol–water partition coefficient (Wildman–Crippen LogP) is 3.77. The molecule has 0 atom stereocenters. The van der Waals surface area contributed by atoms with Gasteiger partial charge in [0.2, 0.25) is 0 Å². The Kier molecular flexibility index (Phi) is 4.28. The van der Waals surface area contributed by atoms with Crippen molar-refractivity contribution in [2.45, 2.75) is 13.1 Å². The fourth-order valence-electron chi connectivity index (χ4n) is 3.51. The lowest BCUT2D eigenvalue weighted by Gasteiger charge is -2.19. The molecule has 29 heavy (non-hydrogen) atoms. The SMILES string of the molecule is C#Cc1ccc2ncnc(Nc3ccc4c(c3)CNN4Cc3ccccn3)c2c1. The number of rotatable bonds is 4. The molecule has 3 heterocycles. The molecule has 6 nitrogen and oxygen atoms in total. The number of nitrogens with one attached hydrogen (secondary N) is 2. The zero-order valence-corrected chi connectivity index (χ0v) is 15.6. The maximum Gasteiger partial charge on any atom is 0.141 e. The molecule has 2 aromatic heterocycles. The lowest BCUT2D eigenvalue weighted by molar-refractivity contribution is 0.660. The average Bonchev–Trinajstić information content (AvgIpc) is 3.16. The summed E-state index contributed by atoms with van der Waals surface area (Å²) in [6.07, 6.45) is 8.92. The summed E-state index contributed by atoms with van der Waals surface area (Å²) in [7, 11) is 0. The van der Waals surface area contributed by atoms with E-state index in [4.69, 9.17) is 6.42 Å². The Bertz CT molecular complexity index is 1230. The lowest BCUT2D eigenvalue weighted by atomic mass is 10.1. The van der Waals surface area contributed by atoms with Gasteiger partial charge in [-0.25, -0.2) is 15.4 Å². The Morgan fingerprint density at radius 1 is 1.07 bits per heavy atom. The first-order valence-electron chi connectivity index (χ1n) is 9.32. The standard InChI is InChI=1S/C23H18N6/c1-2-16-6-8-21-20(11-16)23(26-15-25-21)28-18-7-9-22-17(12-18)13-27-29(22)14-19-5-3-4-10-24-19/h1,3-12,15,27H,13-14H2,(H,25,26,28). The van der Waals surface area contributed by atoms with Gasteiger partial charge in [0.05, 0.1) is 23.4 Å². The molecule has 0 unspecified atom stereocenters. The number of fused-ring (bicyclic) bond motifs is 2. The second kappa shape index (κ2) is 7.23. The molecule has 0 saturated carbocycles. The molecule has 2 aromatic carbocycles. The fraction of sp³-hybridized carbons (Fsp3) is 0.0870. The molecule has 1 aliphatic rings. The van der Waals surface area contributed by atoms with Crippen molar-refractivity contribution in [2.75, 3.05) is 10.3 Å². The summed E-state index contributed by atoms with van der Waals surface area (Å²) < 4.78 is 0. The van der Waals surface area contributed by atoms with E-state index in [0.29, 0.717) is 6.54 Å². The number of aromatic nitrogens is 3. The van der Waals surface area contributed by atoms with E-state index in [1.807, 2.05) is 42.6 Å². The zero-order chi connectivity index (χ0) is 19.6. The van der Waals surface area contributed by atoms with Crippen LogP contribution in [0, 0.1) is 12.3 Å². The minimum atomic E-state index is 0.714. The van der Waals surface area contributed by atoms with Crippen LogP contribution in [0.3, 0.4) is 0 Å². The summed E-state index contributed by atoms with van der Waals surface area (Å²) in [6, 6.07) is 18.0. The summed E-state index contributed by atoms with van der Waals surface area (Å²) >= 11 is 0. The zero-order valence-electron chi connectivity index (χ0n) is 15.6. The number of hydrazine groups is 1.